The second kappa shape index (κ2) is 11.5. The van der Waals surface area contributed by atoms with E-state index in [1.54, 1.807) is 21.7 Å². The lowest BCUT2D eigenvalue weighted by atomic mass is 9.82. The number of thiophene rings is 1. The second-order valence-corrected chi connectivity index (χ2v) is 11.1. The maximum Gasteiger partial charge on any atom is 0.348 e. The van der Waals surface area contributed by atoms with Crippen molar-refractivity contribution in [1.29, 1.82) is 0 Å². The fourth-order valence-electron chi connectivity index (χ4n) is 5.11. The molecule has 3 N–H and O–H groups in total. The van der Waals surface area contributed by atoms with Crippen LogP contribution < -0.4 is 10.6 Å². The quantitative estimate of drug-likeness (QED) is 0.261. The van der Waals surface area contributed by atoms with Gasteiger partial charge < -0.3 is 20.5 Å². The van der Waals surface area contributed by atoms with E-state index < -0.39 is 5.97 Å². The van der Waals surface area contributed by atoms with Crippen LogP contribution in [0.3, 0.4) is 0 Å². The molecule has 5 rings (SSSR count). The average molecular weight is 548 g/mol. The molecule has 9 nitrogen and oxygen atoms in total. The number of ether oxygens (including phenoxy) is 1. The maximum absolute atomic E-state index is 13.7. The lowest BCUT2D eigenvalue weighted by molar-refractivity contribution is -0.123. The van der Waals surface area contributed by atoms with E-state index in [9.17, 15) is 14.7 Å². The molecule has 1 aliphatic rings. The summed E-state index contributed by atoms with van der Waals surface area (Å²) in [6, 6.07) is 13.1. The van der Waals surface area contributed by atoms with Crippen molar-refractivity contribution >= 4 is 40.4 Å². The lowest BCUT2D eigenvalue weighted by Gasteiger charge is -2.31. The minimum atomic E-state index is -1.04. The minimum Gasteiger partial charge on any atom is -0.477 e. The minimum absolute atomic E-state index is 0.0106. The van der Waals surface area contributed by atoms with Gasteiger partial charge in [-0.05, 0) is 56.2 Å². The Kier molecular flexibility index (Phi) is 7.94. The fourth-order valence-corrected chi connectivity index (χ4v) is 6.12. The van der Waals surface area contributed by atoms with Crippen LogP contribution in [0.5, 0.6) is 0 Å². The molecule has 39 heavy (non-hydrogen) atoms. The summed E-state index contributed by atoms with van der Waals surface area (Å²) in [6.07, 6.45) is 5.33. The third kappa shape index (κ3) is 5.67. The average Bonchev–Trinajstić information content (AvgIpc) is 3.58. The molecule has 0 aliphatic heterocycles. The first kappa shape index (κ1) is 26.8. The molecule has 1 amide bonds. The zero-order valence-corrected chi connectivity index (χ0v) is 23.0. The normalized spacial score (nSPS) is 17.4. The van der Waals surface area contributed by atoms with E-state index in [0.717, 1.165) is 47.4 Å². The Morgan fingerprint density at radius 1 is 1.13 bits per heavy atom. The van der Waals surface area contributed by atoms with E-state index in [0.29, 0.717) is 42.8 Å². The molecule has 0 radical (unpaired) electrons. The number of nitrogen functional groups attached to an aromatic ring is 1. The van der Waals surface area contributed by atoms with Crippen LogP contribution in [0.1, 0.15) is 49.2 Å². The first-order valence-corrected chi connectivity index (χ1v) is 14.1. The number of nitrogens with zero attached hydrogens (tertiary/aromatic N) is 4. The fraction of sp³-hybridized carbons (Fsp3) is 0.379. The summed E-state index contributed by atoms with van der Waals surface area (Å²) < 4.78 is 7.15. The summed E-state index contributed by atoms with van der Waals surface area (Å²) in [5, 5.41) is 14.6. The zero-order chi connectivity index (χ0) is 27.5. The van der Waals surface area contributed by atoms with E-state index in [2.05, 4.69) is 17.0 Å². The standard InChI is InChI=1S/C29H33N5O4S/c1-3-38-15-14-33(28(35)21-6-4-18(2)5-7-21)23-17-24(39-27(23)29(36)37)20-10-8-19(9-11-20)22-16-26-31-13-12-25(30)34(26)32-22/h8-13,16-18,21H,3-7,14-15,30H2,1-2H3,(H,36,37). The molecule has 4 aromatic rings. The molecular formula is C29H33N5O4S. The molecule has 10 heteroatoms. The SMILES string of the molecule is CCOCCN(C(=O)C1CCC(C)CC1)c1cc(-c2ccc(-c3cc4nccc(N)n4n3)cc2)sc1C(=O)O. The van der Waals surface area contributed by atoms with Crippen molar-refractivity contribution in [2.45, 2.75) is 39.5 Å². The van der Waals surface area contributed by atoms with Gasteiger partial charge in [0.15, 0.2) is 5.65 Å². The summed E-state index contributed by atoms with van der Waals surface area (Å²) in [7, 11) is 0. The Morgan fingerprint density at radius 3 is 2.51 bits per heavy atom. The van der Waals surface area contributed by atoms with Gasteiger partial charge in [-0.15, -0.1) is 11.3 Å². The number of anilines is 2. The number of carbonyl (C=O) groups is 2. The number of amides is 1. The zero-order valence-electron chi connectivity index (χ0n) is 22.2. The summed E-state index contributed by atoms with van der Waals surface area (Å²) in [5.74, 6) is -0.0320. The molecule has 0 spiro atoms. The largest absolute Gasteiger partial charge is 0.477 e. The van der Waals surface area contributed by atoms with Crippen molar-refractivity contribution in [3.63, 3.8) is 0 Å². The summed E-state index contributed by atoms with van der Waals surface area (Å²) in [6.45, 7) is 5.32. The number of carboxylic acids is 1. The summed E-state index contributed by atoms with van der Waals surface area (Å²) in [5.41, 5.74) is 9.59. The van der Waals surface area contributed by atoms with Gasteiger partial charge in [0, 0.05) is 41.8 Å². The molecule has 3 heterocycles. The van der Waals surface area contributed by atoms with Gasteiger partial charge in [-0.25, -0.2) is 9.78 Å². The van der Waals surface area contributed by atoms with Crippen molar-refractivity contribution in [2.24, 2.45) is 11.8 Å². The third-order valence-electron chi connectivity index (χ3n) is 7.34. The molecule has 0 saturated heterocycles. The van der Waals surface area contributed by atoms with Crippen LogP contribution in [-0.2, 0) is 9.53 Å². The number of aromatic nitrogens is 3. The van der Waals surface area contributed by atoms with Gasteiger partial charge in [0.1, 0.15) is 10.7 Å². The lowest BCUT2D eigenvalue weighted by Crippen LogP contribution is -2.40. The molecule has 204 valence electrons. The van der Waals surface area contributed by atoms with Gasteiger partial charge in [-0.3, -0.25) is 4.79 Å². The van der Waals surface area contributed by atoms with Crippen LogP contribution in [0.2, 0.25) is 0 Å². The summed E-state index contributed by atoms with van der Waals surface area (Å²) >= 11 is 1.18. The van der Waals surface area contributed by atoms with Crippen LogP contribution in [-0.4, -0.2) is 51.3 Å². The second-order valence-electron chi connectivity index (χ2n) is 10.0. The topological polar surface area (TPSA) is 123 Å². The van der Waals surface area contributed by atoms with Gasteiger partial charge >= 0.3 is 5.97 Å². The van der Waals surface area contributed by atoms with Gasteiger partial charge in [0.05, 0.1) is 18.0 Å². The van der Waals surface area contributed by atoms with E-state index in [4.69, 9.17) is 10.5 Å². The third-order valence-corrected chi connectivity index (χ3v) is 8.51. The van der Waals surface area contributed by atoms with Crippen LogP contribution in [0.25, 0.3) is 27.3 Å². The predicted molar refractivity (Wildman–Crippen MR) is 153 cm³/mol. The van der Waals surface area contributed by atoms with E-state index in [1.807, 2.05) is 43.3 Å². The Bertz CT molecular complexity index is 1470. The predicted octanol–water partition coefficient (Wildman–Crippen LogP) is 5.60. The van der Waals surface area contributed by atoms with Crippen molar-refractivity contribution < 1.29 is 19.4 Å². The molecule has 1 saturated carbocycles. The maximum atomic E-state index is 13.7. The molecule has 1 aliphatic carbocycles. The Morgan fingerprint density at radius 2 is 1.85 bits per heavy atom. The molecule has 0 unspecified atom stereocenters. The highest BCUT2D eigenvalue weighted by atomic mass is 32.1. The number of aromatic carboxylic acids is 1. The van der Waals surface area contributed by atoms with Crippen molar-refractivity contribution in [2.75, 3.05) is 30.4 Å². The Hall–Kier alpha value is -3.76. The Balaban J connectivity index is 1.45. The van der Waals surface area contributed by atoms with Crippen LogP contribution in [0, 0.1) is 11.8 Å². The smallest absolute Gasteiger partial charge is 0.348 e. The van der Waals surface area contributed by atoms with Crippen LogP contribution in [0.4, 0.5) is 11.5 Å². The number of hydrogen-bond acceptors (Lipinski definition) is 7. The number of nitrogens with two attached hydrogens (primary N) is 1. The molecule has 0 atom stereocenters. The van der Waals surface area contributed by atoms with E-state index in [1.165, 1.54) is 11.3 Å². The van der Waals surface area contributed by atoms with Gasteiger partial charge in [0.2, 0.25) is 5.91 Å². The van der Waals surface area contributed by atoms with E-state index in [-0.39, 0.29) is 16.7 Å². The number of benzene rings is 1. The van der Waals surface area contributed by atoms with Crippen molar-refractivity contribution in [3.8, 4) is 21.7 Å². The molecule has 3 aromatic heterocycles. The first-order chi connectivity index (χ1) is 18.9. The molecule has 0 bridgehead atoms. The molecule has 1 aromatic carbocycles. The number of fused-ring (bicyclic) bond motifs is 1. The highest BCUT2D eigenvalue weighted by molar-refractivity contribution is 7.18. The van der Waals surface area contributed by atoms with Gasteiger partial charge in [-0.1, -0.05) is 31.2 Å². The monoisotopic (exact) mass is 547 g/mol. The molecule has 1 fully saturated rings. The molecular weight excluding hydrogens is 514 g/mol. The Labute approximate surface area is 231 Å². The van der Waals surface area contributed by atoms with Gasteiger partial charge in [0.25, 0.3) is 0 Å². The number of rotatable bonds is 9. The summed E-state index contributed by atoms with van der Waals surface area (Å²) in [4.78, 5) is 32.9. The number of carbonyl (C=O) groups excluding carboxylic acids is 1. The van der Waals surface area contributed by atoms with E-state index >= 15 is 0 Å². The highest BCUT2D eigenvalue weighted by Crippen LogP contribution is 2.39. The first-order valence-electron chi connectivity index (χ1n) is 13.3. The number of hydrogen-bond donors (Lipinski definition) is 2. The van der Waals surface area contributed by atoms with Gasteiger partial charge in [-0.2, -0.15) is 9.61 Å². The number of carboxylic acid groups (broad SMARTS) is 1. The van der Waals surface area contributed by atoms with Crippen LogP contribution >= 0.6 is 11.3 Å². The van der Waals surface area contributed by atoms with Crippen LogP contribution in [0.15, 0.2) is 48.7 Å². The van der Waals surface area contributed by atoms with Crippen molar-refractivity contribution in [1.82, 2.24) is 14.6 Å². The van der Waals surface area contributed by atoms with Crippen molar-refractivity contribution in [3.05, 3.63) is 53.5 Å². The highest BCUT2D eigenvalue weighted by Gasteiger charge is 2.32.